The summed E-state index contributed by atoms with van der Waals surface area (Å²) in [6.45, 7) is 6.66. The SMILES string of the molecule is CCCOc1ccc(CC)c(N(C(=N)N)C(=O)NC)c1CC. The smallest absolute Gasteiger partial charge is 0.328 e. The van der Waals surface area contributed by atoms with E-state index < -0.39 is 6.03 Å². The standard InChI is InChI=1S/C16H26N4O2/c1-5-10-22-13-9-8-11(6-2)14(12(13)7-3)20(15(17)18)16(21)19-4/h8-9H,5-7,10H2,1-4H3,(H3,17,18)(H,19,21). The van der Waals surface area contributed by atoms with Crippen molar-refractivity contribution in [3.05, 3.63) is 23.3 Å². The summed E-state index contributed by atoms with van der Waals surface area (Å²) < 4.78 is 5.79. The van der Waals surface area contributed by atoms with Crippen LogP contribution >= 0.6 is 0 Å². The Kier molecular flexibility index (Phi) is 6.69. The Morgan fingerprint density at radius 3 is 2.45 bits per heavy atom. The predicted molar refractivity (Wildman–Crippen MR) is 89.8 cm³/mol. The molecule has 22 heavy (non-hydrogen) atoms. The fourth-order valence-electron chi connectivity index (χ4n) is 2.36. The Labute approximate surface area is 132 Å². The molecule has 0 saturated heterocycles. The average molecular weight is 306 g/mol. The highest BCUT2D eigenvalue weighted by atomic mass is 16.5. The minimum atomic E-state index is -0.426. The minimum absolute atomic E-state index is 0.309. The van der Waals surface area contributed by atoms with Gasteiger partial charge in [-0.3, -0.25) is 5.41 Å². The number of carbonyl (C=O) groups is 1. The number of aryl methyl sites for hydroxylation is 1. The molecule has 0 aromatic heterocycles. The van der Waals surface area contributed by atoms with Gasteiger partial charge in [0.15, 0.2) is 0 Å². The van der Waals surface area contributed by atoms with Crippen molar-refractivity contribution in [3.63, 3.8) is 0 Å². The summed E-state index contributed by atoms with van der Waals surface area (Å²) in [5, 5.41) is 10.3. The fraction of sp³-hybridized carbons (Fsp3) is 0.500. The molecule has 0 atom stereocenters. The molecule has 0 aliphatic rings. The van der Waals surface area contributed by atoms with E-state index in [1.807, 2.05) is 32.9 Å². The zero-order chi connectivity index (χ0) is 16.7. The van der Waals surface area contributed by atoms with E-state index in [1.165, 1.54) is 11.9 Å². The lowest BCUT2D eigenvalue weighted by Crippen LogP contribution is -2.47. The van der Waals surface area contributed by atoms with Crippen LogP contribution in [0, 0.1) is 5.41 Å². The summed E-state index contributed by atoms with van der Waals surface area (Å²) in [5.41, 5.74) is 8.16. The summed E-state index contributed by atoms with van der Waals surface area (Å²) in [7, 11) is 1.52. The van der Waals surface area contributed by atoms with Gasteiger partial charge >= 0.3 is 6.03 Å². The Morgan fingerprint density at radius 2 is 2.00 bits per heavy atom. The quantitative estimate of drug-likeness (QED) is 0.557. The molecule has 0 unspecified atom stereocenters. The normalized spacial score (nSPS) is 10.2. The van der Waals surface area contributed by atoms with E-state index in [1.54, 1.807) is 0 Å². The van der Waals surface area contributed by atoms with E-state index >= 15 is 0 Å². The Hall–Kier alpha value is -2.24. The van der Waals surface area contributed by atoms with Crippen LogP contribution in [-0.4, -0.2) is 25.6 Å². The highest BCUT2D eigenvalue weighted by Crippen LogP contribution is 2.34. The second-order valence-electron chi connectivity index (χ2n) is 4.88. The first-order chi connectivity index (χ1) is 10.5. The van der Waals surface area contributed by atoms with Crippen LogP contribution in [0.25, 0.3) is 0 Å². The van der Waals surface area contributed by atoms with Crippen LogP contribution in [0.1, 0.15) is 38.3 Å². The molecule has 6 nitrogen and oxygen atoms in total. The molecule has 0 bridgehead atoms. The van der Waals surface area contributed by atoms with Gasteiger partial charge in [0.25, 0.3) is 0 Å². The molecule has 0 fully saturated rings. The molecule has 0 aliphatic carbocycles. The molecule has 1 aromatic rings. The van der Waals surface area contributed by atoms with Gasteiger partial charge in [-0.2, -0.15) is 0 Å². The zero-order valence-corrected chi connectivity index (χ0v) is 13.8. The number of anilines is 1. The first kappa shape index (κ1) is 17.8. The number of carbonyl (C=O) groups excluding carboxylic acids is 1. The first-order valence-corrected chi connectivity index (χ1v) is 7.65. The highest BCUT2D eigenvalue weighted by molar-refractivity contribution is 6.15. The van der Waals surface area contributed by atoms with Crippen molar-refractivity contribution in [1.82, 2.24) is 5.32 Å². The number of urea groups is 1. The summed E-state index contributed by atoms with van der Waals surface area (Å²) in [6, 6.07) is 3.43. The van der Waals surface area contributed by atoms with Crippen molar-refractivity contribution in [2.75, 3.05) is 18.6 Å². The van der Waals surface area contributed by atoms with Gasteiger partial charge in [-0.1, -0.05) is 26.8 Å². The van der Waals surface area contributed by atoms with Gasteiger partial charge in [-0.05, 0) is 30.9 Å². The maximum Gasteiger partial charge on any atom is 0.328 e. The van der Waals surface area contributed by atoms with Crippen molar-refractivity contribution in [1.29, 1.82) is 5.41 Å². The summed E-state index contributed by atoms with van der Waals surface area (Å²) in [4.78, 5) is 13.4. The van der Waals surface area contributed by atoms with Gasteiger partial charge in [0.2, 0.25) is 5.96 Å². The molecule has 1 rings (SSSR count). The van der Waals surface area contributed by atoms with Crippen LogP contribution < -0.4 is 20.7 Å². The van der Waals surface area contributed by atoms with Gasteiger partial charge in [0.1, 0.15) is 5.75 Å². The molecule has 2 amide bonds. The summed E-state index contributed by atoms with van der Waals surface area (Å²) in [5.74, 6) is 0.433. The van der Waals surface area contributed by atoms with Gasteiger partial charge < -0.3 is 15.8 Å². The largest absolute Gasteiger partial charge is 0.493 e. The lowest BCUT2D eigenvalue weighted by Gasteiger charge is -2.26. The molecule has 0 spiro atoms. The number of amides is 2. The van der Waals surface area contributed by atoms with Crippen LogP contribution in [0.3, 0.4) is 0 Å². The summed E-state index contributed by atoms with van der Waals surface area (Å²) in [6.07, 6.45) is 2.32. The van der Waals surface area contributed by atoms with Crippen molar-refractivity contribution in [2.24, 2.45) is 5.73 Å². The van der Waals surface area contributed by atoms with Crippen LogP contribution in [0.2, 0.25) is 0 Å². The van der Waals surface area contributed by atoms with Crippen molar-refractivity contribution < 1.29 is 9.53 Å². The second-order valence-corrected chi connectivity index (χ2v) is 4.88. The molecular formula is C16H26N4O2. The van der Waals surface area contributed by atoms with E-state index in [0.29, 0.717) is 18.7 Å². The first-order valence-electron chi connectivity index (χ1n) is 7.65. The lowest BCUT2D eigenvalue weighted by molar-refractivity contribution is 0.250. The van der Waals surface area contributed by atoms with Gasteiger partial charge in [0.05, 0.1) is 12.3 Å². The monoisotopic (exact) mass is 306 g/mol. The van der Waals surface area contributed by atoms with E-state index in [0.717, 1.165) is 29.7 Å². The number of benzene rings is 1. The fourth-order valence-corrected chi connectivity index (χ4v) is 2.36. The van der Waals surface area contributed by atoms with Crippen LogP contribution in [0.5, 0.6) is 5.75 Å². The topological polar surface area (TPSA) is 91.4 Å². The molecule has 0 heterocycles. The number of nitrogens with two attached hydrogens (primary N) is 1. The van der Waals surface area contributed by atoms with Crippen LogP contribution in [0.15, 0.2) is 12.1 Å². The van der Waals surface area contributed by atoms with Crippen molar-refractivity contribution in [2.45, 2.75) is 40.0 Å². The third kappa shape index (κ3) is 3.69. The Bertz CT molecular complexity index is 543. The zero-order valence-electron chi connectivity index (χ0n) is 13.8. The third-order valence-corrected chi connectivity index (χ3v) is 3.40. The number of guanidine groups is 1. The number of ether oxygens (including phenoxy) is 1. The second kappa shape index (κ2) is 8.26. The maximum absolute atomic E-state index is 12.2. The predicted octanol–water partition coefficient (Wildman–Crippen LogP) is 2.64. The third-order valence-electron chi connectivity index (χ3n) is 3.40. The Balaban J connectivity index is 3.51. The van der Waals surface area contributed by atoms with E-state index in [-0.39, 0.29) is 5.96 Å². The highest BCUT2D eigenvalue weighted by Gasteiger charge is 2.25. The van der Waals surface area contributed by atoms with Gasteiger partial charge in [0, 0.05) is 12.6 Å². The summed E-state index contributed by atoms with van der Waals surface area (Å²) >= 11 is 0. The molecule has 0 aliphatic heterocycles. The maximum atomic E-state index is 12.2. The molecule has 1 aromatic carbocycles. The van der Waals surface area contributed by atoms with Crippen molar-refractivity contribution in [3.8, 4) is 5.75 Å². The van der Waals surface area contributed by atoms with E-state index in [2.05, 4.69) is 5.32 Å². The van der Waals surface area contributed by atoms with Gasteiger partial charge in [-0.25, -0.2) is 9.69 Å². The molecule has 122 valence electrons. The number of nitrogens with zero attached hydrogens (tertiary/aromatic N) is 1. The lowest BCUT2D eigenvalue weighted by atomic mass is 10.0. The van der Waals surface area contributed by atoms with Crippen LogP contribution in [-0.2, 0) is 12.8 Å². The van der Waals surface area contributed by atoms with E-state index in [9.17, 15) is 4.79 Å². The number of rotatable bonds is 6. The average Bonchev–Trinajstić information content (AvgIpc) is 2.52. The van der Waals surface area contributed by atoms with E-state index in [4.69, 9.17) is 15.9 Å². The molecule has 0 saturated carbocycles. The number of hydrogen-bond acceptors (Lipinski definition) is 3. The minimum Gasteiger partial charge on any atom is -0.493 e. The molecule has 4 N–H and O–H groups in total. The van der Waals surface area contributed by atoms with Crippen molar-refractivity contribution >= 4 is 17.7 Å². The molecule has 0 radical (unpaired) electrons. The number of hydrogen-bond donors (Lipinski definition) is 3. The van der Waals surface area contributed by atoms with Gasteiger partial charge in [-0.15, -0.1) is 0 Å². The number of nitrogens with one attached hydrogen (secondary N) is 2. The Morgan fingerprint density at radius 1 is 1.32 bits per heavy atom. The molecular weight excluding hydrogens is 280 g/mol. The van der Waals surface area contributed by atoms with Crippen LogP contribution in [0.4, 0.5) is 10.5 Å². The molecule has 6 heteroatoms.